The lowest BCUT2D eigenvalue weighted by Crippen LogP contribution is -2.48. The molecule has 2 aliphatic heterocycles. The van der Waals surface area contributed by atoms with Crippen LogP contribution >= 0.6 is 23.2 Å². The number of amides is 1. The molecule has 2 heterocycles. The number of rotatable bonds is 7. The summed E-state index contributed by atoms with van der Waals surface area (Å²) in [7, 11) is 0. The van der Waals surface area contributed by atoms with E-state index in [9.17, 15) is 9.59 Å². The Bertz CT molecular complexity index is 1170. The third kappa shape index (κ3) is 5.00. The first-order chi connectivity index (χ1) is 17.0. The molecule has 1 saturated heterocycles. The highest BCUT2D eigenvalue weighted by Gasteiger charge is 2.37. The van der Waals surface area contributed by atoms with Crippen LogP contribution in [0.3, 0.4) is 0 Å². The van der Waals surface area contributed by atoms with Crippen LogP contribution in [0, 0.1) is 0 Å². The van der Waals surface area contributed by atoms with E-state index in [-0.39, 0.29) is 6.04 Å². The van der Waals surface area contributed by atoms with Crippen LogP contribution in [0.5, 0.6) is 0 Å². The Hall–Kier alpha value is -2.70. The molecule has 1 amide bonds. The van der Waals surface area contributed by atoms with E-state index < -0.39 is 11.7 Å². The van der Waals surface area contributed by atoms with Gasteiger partial charge in [0.2, 0.25) is 0 Å². The average Bonchev–Trinajstić information content (AvgIpc) is 3.11. The fraction of sp³-hybridized carbons (Fsp3) is 0.286. The quantitative estimate of drug-likeness (QED) is 0.406. The first kappa shape index (κ1) is 24.0. The molecule has 2 aliphatic rings. The maximum Gasteiger partial charge on any atom is 0.299 e. The Morgan fingerprint density at radius 2 is 1.37 bits per heavy atom. The minimum Gasteiger partial charge on any atom is -0.303 e. The first-order valence-electron chi connectivity index (χ1n) is 11.9. The third-order valence-corrected chi connectivity index (χ3v) is 7.35. The molecule has 0 aromatic heterocycles. The molecule has 180 valence electrons. The number of nitrogens with zero attached hydrogens (tertiary/aromatic N) is 3. The number of carbonyl (C=O) groups excluding carboxylic acids is 2. The molecule has 5 rings (SSSR count). The molecule has 35 heavy (non-hydrogen) atoms. The molecule has 1 fully saturated rings. The Morgan fingerprint density at radius 3 is 1.97 bits per heavy atom. The normalized spacial score (nSPS) is 16.8. The number of hydrogen-bond donors (Lipinski definition) is 0. The molecule has 7 heteroatoms. The van der Waals surface area contributed by atoms with Gasteiger partial charge in [0.15, 0.2) is 0 Å². The Labute approximate surface area is 215 Å². The highest BCUT2D eigenvalue weighted by Crippen LogP contribution is 2.38. The van der Waals surface area contributed by atoms with Gasteiger partial charge in [0.1, 0.15) is 0 Å². The van der Waals surface area contributed by atoms with Gasteiger partial charge in [0.25, 0.3) is 11.7 Å². The number of fused-ring (bicyclic) bond motifs is 1. The number of hydrogen-bond acceptors (Lipinski definition) is 4. The predicted molar refractivity (Wildman–Crippen MR) is 141 cm³/mol. The predicted octanol–water partition coefficient (Wildman–Crippen LogP) is 5.32. The molecular weight excluding hydrogens is 481 g/mol. The van der Waals surface area contributed by atoms with Crippen LogP contribution in [-0.4, -0.2) is 60.8 Å². The smallest absolute Gasteiger partial charge is 0.299 e. The Balaban J connectivity index is 1.20. The summed E-state index contributed by atoms with van der Waals surface area (Å²) in [6, 6.07) is 24.7. The van der Waals surface area contributed by atoms with Gasteiger partial charge in [0, 0.05) is 37.7 Å². The SMILES string of the molecule is O=C1C(=O)N(CCCN2CCN(C(c3ccccc3)c3ccccc3)CC2)c2c(Cl)cc(Cl)cc21. The molecule has 0 atom stereocenters. The van der Waals surface area contributed by atoms with Crippen LogP contribution in [0.2, 0.25) is 10.0 Å². The van der Waals surface area contributed by atoms with E-state index in [0.717, 1.165) is 39.1 Å². The van der Waals surface area contributed by atoms with Crippen molar-refractivity contribution in [3.8, 4) is 0 Å². The zero-order valence-corrected chi connectivity index (χ0v) is 20.9. The minimum atomic E-state index is -0.536. The minimum absolute atomic E-state index is 0.234. The fourth-order valence-electron chi connectivity index (χ4n) is 5.15. The number of piperazine rings is 1. The van der Waals surface area contributed by atoms with Crippen molar-refractivity contribution in [1.82, 2.24) is 9.80 Å². The second-order valence-corrected chi connectivity index (χ2v) is 9.87. The molecular formula is C28H27Cl2N3O2. The summed E-state index contributed by atoms with van der Waals surface area (Å²) in [5.74, 6) is -1.06. The molecule has 0 spiro atoms. The maximum absolute atomic E-state index is 12.5. The van der Waals surface area contributed by atoms with Crippen LogP contribution in [0.1, 0.15) is 33.9 Å². The fourth-order valence-corrected chi connectivity index (χ4v) is 5.74. The molecule has 0 N–H and O–H groups in total. The van der Waals surface area contributed by atoms with Gasteiger partial charge in [-0.1, -0.05) is 83.9 Å². The topological polar surface area (TPSA) is 43.9 Å². The van der Waals surface area contributed by atoms with Crippen molar-refractivity contribution in [3.05, 3.63) is 99.5 Å². The van der Waals surface area contributed by atoms with Crippen molar-refractivity contribution in [2.24, 2.45) is 0 Å². The van der Waals surface area contributed by atoms with Crippen LogP contribution < -0.4 is 4.90 Å². The van der Waals surface area contributed by atoms with Gasteiger partial charge in [0.05, 0.1) is 22.3 Å². The van der Waals surface area contributed by atoms with Crippen molar-refractivity contribution in [2.75, 3.05) is 44.2 Å². The second kappa shape index (κ2) is 10.5. The zero-order valence-electron chi connectivity index (χ0n) is 19.4. The van der Waals surface area contributed by atoms with Gasteiger partial charge < -0.3 is 9.80 Å². The van der Waals surface area contributed by atoms with E-state index in [1.807, 2.05) is 0 Å². The van der Waals surface area contributed by atoms with Crippen LogP contribution in [0.15, 0.2) is 72.8 Å². The van der Waals surface area contributed by atoms with Gasteiger partial charge in [-0.25, -0.2) is 0 Å². The molecule has 0 unspecified atom stereocenters. The largest absolute Gasteiger partial charge is 0.303 e. The molecule has 3 aromatic rings. The molecule has 0 radical (unpaired) electrons. The lowest BCUT2D eigenvalue weighted by molar-refractivity contribution is -0.114. The van der Waals surface area contributed by atoms with Crippen molar-refractivity contribution < 1.29 is 9.59 Å². The summed E-state index contributed by atoms with van der Waals surface area (Å²) in [4.78, 5) is 31.4. The molecule has 0 aliphatic carbocycles. The van der Waals surface area contributed by atoms with Gasteiger partial charge in [-0.2, -0.15) is 0 Å². The van der Waals surface area contributed by atoms with Gasteiger partial charge >= 0.3 is 0 Å². The van der Waals surface area contributed by atoms with Gasteiger partial charge in [-0.3, -0.25) is 14.5 Å². The number of halogens is 2. The van der Waals surface area contributed by atoms with Crippen molar-refractivity contribution in [1.29, 1.82) is 0 Å². The third-order valence-electron chi connectivity index (χ3n) is 6.84. The number of benzene rings is 3. The van der Waals surface area contributed by atoms with Crippen LogP contribution in [0.25, 0.3) is 0 Å². The summed E-state index contributed by atoms with van der Waals surface area (Å²) in [6.45, 7) is 5.14. The van der Waals surface area contributed by atoms with Crippen molar-refractivity contribution >= 4 is 40.6 Å². The molecule has 0 saturated carbocycles. The number of Topliss-reactive ketones (excluding diaryl/α,β-unsaturated/α-hetero) is 1. The maximum atomic E-state index is 12.5. The zero-order chi connectivity index (χ0) is 24.4. The lowest BCUT2D eigenvalue weighted by Gasteiger charge is -2.40. The van der Waals surface area contributed by atoms with E-state index in [0.29, 0.717) is 27.8 Å². The van der Waals surface area contributed by atoms with E-state index in [4.69, 9.17) is 23.2 Å². The van der Waals surface area contributed by atoms with E-state index in [1.54, 1.807) is 6.07 Å². The summed E-state index contributed by atoms with van der Waals surface area (Å²) < 4.78 is 0. The number of carbonyl (C=O) groups is 2. The van der Waals surface area contributed by atoms with E-state index >= 15 is 0 Å². The van der Waals surface area contributed by atoms with Crippen molar-refractivity contribution in [3.63, 3.8) is 0 Å². The second-order valence-electron chi connectivity index (χ2n) is 9.02. The van der Waals surface area contributed by atoms with Crippen molar-refractivity contribution in [2.45, 2.75) is 12.5 Å². The monoisotopic (exact) mass is 507 g/mol. The average molecular weight is 508 g/mol. The Morgan fingerprint density at radius 1 is 0.771 bits per heavy atom. The molecule has 5 nitrogen and oxygen atoms in total. The number of ketones is 1. The number of anilines is 1. The van der Waals surface area contributed by atoms with Gasteiger partial charge in [-0.05, 0) is 36.2 Å². The summed E-state index contributed by atoms with van der Waals surface area (Å²) in [5, 5.41) is 0.701. The molecule has 0 bridgehead atoms. The highest BCUT2D eigenvalue weighted by molar-refractivity contribution is 6.54. The van der Waals surface area contributed by atoms with Gasteiger partial charge in [-0.15, -0.1) is 0 Å². The summed E-state index contributed by atoms with van der Waals surface area (Å²) >= 11 is 12.4. The Kier molecular flexibility index (Phi) is 7.21. The summed E-state index contributed by atoms with van der Waals surface area (Å²) in [5.41, 5.74) is 3.40. The van der Waals surface area contributed by atoms with Crippen LogP contribution in [-0.2, 0) is 4.79 Å². The van der Waals surface area contributed by atoms with E-state index in [2.05, 4.69) is 70.5 Å². The van der Waals surface area contributed by atoms with Crippen LogP contribution in [0.4, 0.5) is 5.69 Å². The first-order valence-corrected chi connectivity index (χ1v) is 12.7. The molecule has 3 aromatic carbocycles. The highest BCUT2D eigenvalue weighted by atomic mass is 35.5. The standard InChI is InChI=1S/C28H27Cl2N3O2/c29-22-18-23-26(24(30)19-22)33(28(35)27(23)34)13-7-12-31-14-16-32(17-15-31)25(20-8-3-1-4-9-20)21-10-5-2-6-11-21/h1-6,8-11,18-19,25H,7,12-17H2. The van der Waals surface area contributed by atoms with E-state index in [1.165, 1.54) is 22.1 Å². The lowest BCUT2D eigenvalue weighted by atomic mass is 9.96. The summed E-state index contributed by atoms with van der Waals surface area (Å²) in [6.07, 6.45) is 0.762.